The number of H-pyrrole nitrogens is 1. The van der Waals surface area contributed by atoms with E-state index >= 15 is 0 Å². The molecule has 8 heteroatoms. The van der Waals surface area contributed by atoms with Gasteiger partial charge < -0.3 is 14.6 Å². The van der Waals surface area contributed by atoms with Crippen molar-refractivity contribution in [3.8, 4) is 23.0 Å². The van der Waals surface area contributed by atoms with Crippen LogP contribution in [0, 0.1) is 13.8 Å². The predicted octanol–water partition coefficient (Wildman–Crippen LogP) is 6.86. The maximum atomic E-state index is 13.4. The van der Waals surface area contributed by atoms with Crippen molar-refractivity contribution in [2.45, 2.75) is 26.8 Å². The van der Waals surface area contributed by atoms with Crippen LogP contribution >= 0.6 is 11.6 Å². The molecule has 0 aliphatic carbocycles. The average molecular weight is 580 g/mol. The quantitative estimate of drug-likeness (QED) is 0.202. The Morgan fingerprint density at radius 1 is 0.905 bits per heavy atom. The molecular weight excluding hydrogens is 546 g/mol. The van der Waals surface area contributed by atoms with Crippen LogP contribution < -0.4 is 4.74 Å². The lowest BCUT2D eigenvalue weighted by atomic mass is 9.96. The largest absolute Gasteiger partial charge is 0.437 e. The number of halogens is 1. The van der Waals surface area contributed by atoms with Gasteiger partial charge in [0.15, 0.2) is 11.6 Å². The highest BCUT2D eigenvalue weighted by molar-refractivity contribution is 6.30. The summed E-state index contributed by atoms with van der Waals surface area (Å²) in [5, 5.41) is 0.649. The smallest absolute Gasteiger partial charge is 0.247 e. The highest BCUT2D eigenvalue weighted by Crippen LogP contribution is 2.31. The van der Waals surface area contributed by atoms with Crippen LogP contribution in [0.5, 0.6) is 11.6 Å². The second kappa shape index (κ2) is 12.1. The van der Waals surface area contributed by atoms with Gasteiger partial charge in [-0.15, -0.1) is 0 Å². The van der Waals surface area contributed by atoms with Gasteiger partial charge in [-0.05, 0) is 91.7 Å². The Morgan fingerprint density at radius 2 is 1.69 bits per heavy atom. The van der Waals surface area contributed by atoms with Crippen LogP contribution in [0.4, 0.5) is 0 Å². The Labute approximate surface area is 251 Å². The van der Waals surface area contributed by atoms with Crippen molar-refractivity contribution >= 4 is 28.4 Å². The number of carbonyl (C=O) groups is 1. The van der Waals surface area contributed by atoms with E-state index in [-0.39, 0.29) is 12.2 Å². The van der Waals surface area contributed by atoms with Crippen molar-refractivity contribution in [3.05, 3.63) is 106 Å². The van der Waals surface area contributed by atoms with Crippen LogP contribution in [0.15, 0.2) is 72.9 Å². The van der Waals surface area contributed by atoms with Crippen LogP contribution in [0.1, 0.15) is 32.6 Å². The fraction of sp³-hybridized carbons (Fsp3) is 0.265. The number of aromatic amines is 1. The molecule has 0 amide bonds. The summed E-state index contributed by atoms with van der Waals surface area (Å²) in [6.45, 7) is 9.36. The number of aromatic nitrogens is 3. The lowest BCUT2D eigenvalue weighted by molar-refractivity contribution is 0.0992. The van der Waals surface area contributed by atoms with Crippen LogP contribution in [-0.4, -0.2) is 63.8 Å². The van der Waals surface area contributed by atoms with E-state index < -0.39 is 0 Å². The minimum atomic E-state index is 0.0864. The number of nitrogens with zero attached hydrogens (tertiary/aromatic N) is 4. The molecule has 1 saturated heterocycles. The fourth-order valence-electron chi connectivity index (χ4n) is 5.30. The molecule has 1 aliphatic rings. The number of fused-ring (bicyclic) bond motifs is 1. The van der Waals surface area contributed by atoms with Gasteiger partial charge in [-0.3, -0.25) is 9.69 Å². The number of hydrogen-bond acceptors (Lipinski definition) is 6. The Balaban J connectivity index is 1.20. The molecular formula is C34H34ClN5O2. The Bertz CT molecular complexity index is 1740. The lowest BCUT2D eigenvalue weighted by Crippen LogP contribution is -2.43. The first-order valence-electron chi connectivity index (χ1n) is 14.2. The molecule has 0 atom stereocenters. The molecule has 2 aromatic heterocycles. The first-order valence-corrected chi connectivity index (χ1v) is 14.6. The molecule has 3 aromatic carbocycles. The minimum absolute atomic E-state index is 0.0864. The van der Waals surface area contributed by atoms with E-state index in [0.29, 0.717) is 28.0 Å². The first kappa shape index (κ1) is 28.1. The normalized spacial score (nSPS) is 14.4. The first-order chi connectivity index (χ1) is 20.3. The van der Waals surface area contributed by atoms with Crippen LogP contribution in [0.3, 0.4) is 0 Å². The number of Topliss-reactive ketones (excluding diaryl/α,β-unsaturated/α-hetero) is 1. The van der Waals surface area contributed by atoms with Crippen molar-refractivity contribution in [1.82, 2.24) is 24.8 Å². The van der Waals surface area contributed by atoms with Crippen LogP contribution in [-0.2, 0) is 13.0 Å². The van der Waals surface area contributed by atoms with Gasteiger partial charge in [-0.2, -0.15) is 4.98 Å². The zero-order valence-corrected chi connectivity index (χ0v) is 24.9. The summed E-state index contributed by atoms with van der Waals surface area (Å²) in [5.74, 6) is 1.66. The number of rotatable bonds is 8. The lowest BCUT2D eigenvalue weighted by Gasteiger charge is -2.32. The number of carbonyl (C=O) groups excluding carboxylic acids is 1. The number of hydrogen-bond donors (Lipinski definition) is 1. The fourth-order valence-corrected chi connectivity index (χ4v) is 5.43. The topological polar surface area (TPSA) is 74.3 Å². The summed E-state index contributed by atoms with van der Waals surface area (Å²) in [4.78, 5) is 30.8. The number of ketones is 1. The molecule has 1 N–H and O–H groups in total. The van der Waals surface area contributed by atoms with Crippen molar-refractivity contribution in [2.75, 3.05) is 33.2 Å². The Hall–Kier alpha value is -4.04. The standard InChI is InChI=1S/C34H34ClN5O2/c1-22-4-11-29(42-34-32-30(12-13-36-32)37-33(38-34)24-7-9-28(35)10-8-24)19-27(22)20-31(41)25-5-6-26(23(2)18-25)21-40-16-14-39(3)15-17-40/h4-13,18-19,36H,14-17,20-21H2,1-3H3. The molecule has 0 unspecified atom stereocenters. The highest BCUT2D eigenvalue weighted by atomic mass is 35.5. The third kappa shape index (κ3) is 6.23. The van der Waals surface area contributed by atoms with Gasteiger partial charge in [0.05, 0.1) is 5.52 Å². The van der Waals surface area contributed by atoms with E-state index in [2.05, 4.69) is 39.8 Å². The summed E-state index contributed by atoms with van der Waals surface area (Å²) in [7, 11) is 2.17. The van der Waals surface area contributed by atoms with Crippen molar-refractivity contribution in [3.63, 3.8) is 0 Å². The summed E-state index contributed by atoms with van der Waals surface area (Å²) in [6, 6.07) is 21.2. The van der Waals surface area contributed by atoms with Gasteiger partial charge in [0.25, 0.3) is 0 Å². The van der Waals surface area contributed by atoms with E-state index in [1.54, 1.807) is 0 Å². The summed E-state index contributed by atoms with van der Waals surface area (Å²) in [5.41, 5.74) is 7.42. The number of ether oxygens (including phenoxy) is 1. The molecule has 0 saturated carbocycles. The Kier molecular flexibility index (Phi) is 8.07. The monoisotopic (exact) mass is 579 g/mol. The van der Waals surface area contributed by atoms with Gasteiger partial charge >= 0.3 is 0 Å². The molecule has 214 valence electrons. The molecule has 0 radical (unpaired) electrons. The average Bonchev–Trinajstić information content (AvgIpc) is 3.46. The summed E-state index contributed by atoms with van der Waals surface area (Å²) < 4.78 is 6.31. The number of likely N-dealkylation sites (N-methyl/N-ethyl adjacent to an activating group) is 1. The predicted molar refractivity (Wildman–Crippen MR) is 168 cm³/mol. The molecule has 1 fully saturated rings. The molecule has 1 aliphatic heterocycles. The number of piperazine rings is 1. The van der Waals surface area contributed by atoms with Gasteiger partial charge in [-0.1, -0.05) is 29.8 Å². The van der Waals surface area contributed by atoms with E-state index in [9.17, 15) is 4.79 Å². The van der Waals surface area contributed by atoms with E-state index in [1.807, 2.05) is 73.8 Å². The minimum Gasteiger partial charge on any atom is -0.437 e. The zero-order chi connectivity index (χ0) is 29.2. The van der Waals surface area contributed by atoms with Gasteiger partial charge in [0.2, 0.25) is 5.88 Å². The molecule has 42 heavy (non-hydrogen) atoms. The van der Waals surface area contributed by atoms with Crippen molar-refractivity contribution < 1.29 is 9.53 Å². The summed E-state index contributed by atoms with van der Waals surface area (Å²) in [6.07, 6.45) is 2.10. The molecule has 7 nitrogen and oxygen atoms in total. The second-order valence-corrected chi connectivity index (χ2v) is 11.5. The number of aryl methyl sites for hydroxylation is 2. The third-order valence-corrected chi connectivity index (χ3v) is 8.27. The molecule has 0 bridgehead atoms. The molecule has 0 spiro atoms. The van der Waals surface area contributed by atoms with E-state index in [0.717, 1.165) is 66.1 Å². The van der Waals surface area contributed by atoms with Gasteiger partial charge in [0, 0.05) is 61.5 Å². The van der Waals surface area contributed by atoms with E-state index in [1.165, 1.54) is 5.56 Å². The third-order valence-electron chi connectivity index (χ3n) is 8.02. The highest BCUT2D eigenvalue weighted by Gasteiger charge is 2.17. The SMILES string of the molecule is Cc1ccc(Oc2nc(-c3ccc(Cl)cc3)nc3cc[nH]c23)cc1CC(=O)c1ccc(CN2CCN(C)CC2)c(C)c1. The Morgan fingerprint density at radius 3 is 2.45 bits per heavy atom. The number of benzene rings is 3. The second-order valence-electron chi connectivity index (χ2n) is 11.1. The van der Waals surface area contributed by atoms with Gasteiger partial charge in [0.1, 0.15) is 11.3 Å². The van der Waals surface area contributed by atoms with Crippen LogP contribution in [0.25, 0.3) is 22.4 Å². The van der Waals surface area contributed by atoms with Gasteiger partial charge in [-0.25, -0.2) is 4.98 Å². The maximum Gasteiger partial charge on any atom is 0.247 e. The van der Waals surface area contributed by atoms with Crippen molar-refractivity contribution in [2.24, 2.45) is 0 Å². The maximum absolute atomic E-state index is 13.4. The molecule has 3 heterocycles. The molecule has 5 aromatic rings. The molecule has 6 rings (SSSR count). The van der Waals surface area contributed by atoms with Crippen molar-refractivity contribution in [1.29, 1.82) is 0 Å². The van der Waals surface area contributed by atoms with E-state index in [4.69, 9.17) is 21.3 Å². The zero-order valence-electron chi connectivity index (χ0n) is 24.2. The van der Waals surface area contributed by atoms with Crippen LogP contribution in [0.2, 0.25) is 5.02 Å². The number of nitrogens with one attached hydrogen (secondary N) is 1. The summed E-state index contributed by atoms with van der Waals surface area (Å²) >= 11 is 6.07.